The van der Waals surface area contributed by atoms with E-state index in [1.165, 1.54) is 0 Å². The minimum absolute atomic E-state index is 0. The van der Waals surface area contributed by atoms with Crippen molar-refractivity contribution in [2.45, 2.75) is 84.6 Å². The summed E-state index contributed by atoms with van der Waals surface area (Å²) in [6.07, 6.45) is 6.02. The standard InChI is InChI=1S/C20H38N6O2.HI/c1-6-27-13-7-12-21-20(22-14-19-25-24-16(4)26(19)5)23-17-8-10-18(11-9-17)28-15(2)3;/h15,17-18H,6-14H2,1-5H3,(H2,21,22,23);1H. The van der Waals surface area contributed by atoms with Crippen molar-refractivity contribution in [3.8, 4) is 0 Å². The Morgan fingerprint density at radius 3 is 2.55 bits per heavy atom. The second kappa shape index (κ2) is 14.1. The summed E-state index contributed by atoms with van der Waals surface area (Å²) in [6.45, 7) is 11.0. The molecule has 0 atom stereocenters. The second-order valence-electron chi connectivity index (χ2n) is 7.67. The van der Waals surface area contributed by atoms with Crippen molar-refractivity contribution in [2.24, 2.45) is 12.0 Å². The minimum atomic E-state index is 0. The quantitative estimate of drug-likeness (QED) is 0.213. The third-order valence-electron chi connectivity index (χ3n) is 5.00. The predicted molar refractivity (Wildman–Crippen MR) is 127 cm³/mol. The van der Waals surface area contributed by atoms with E-state index in [2.05, 4.69) is 34.7 Å². The number of aromatic nitrogens is 3. The number of nitrogens with one attached hydrogen (secondary N) is 2. The van der Waals surface area contributed by atoms with Crippen LogP contribution in [0.5, 0.6) is 0 Å². The lowest BCUT2D eigenvalue weighted by Gasteiger charge is -2.31. The summed E-state index contributed by atoms with van der Waals surface area (Å²) < 4.78 is 13.4. The van der Waals surface area contributed by atoms with Gasteiger partial charge in [0.25, 0.3) is 0 Å². The molecule has 0 unspecified atom stereocenters. The van der Waals surface area contributed by atoms with E-state index >= 15 is 0 Å². The van der Waals surface area contributed by atoms with Gasteiger partial charge in [0.2, 0.25) is 0 Å². The average molecular weight is 522 g/mol. The molecule has 1 aliphatic carbocycles. The Morgan fingerprint density at radius 1 is 1.24 bits per heavy atom. The van der Waals surface area contributed by atoms with Gasteiger partial charge in [0.05, 0.1) is 12.2 Å². The third-order valence-corrected chi connectivity index (χ3v) is 5.00. The van der Waals surface area contributed by atoms with Crippen LogP contribution in [0.4, 0.5) is 0 Å². The fourth-order valence-corrected chi connectivity index (χ4v) is 3.34. The van der Waals surface area contributed by atoms with Gasteiger partial charge in [-0.15, -0.1) is 34.2 Å². The molecule has 1 aromatic rings. The van der Waals surface area contributed by atoms with Crippen molar-refractivity contribution in [3.05, 3.63) is 11.6 Å². The molecule has 0 radical (unpaired) electrons. The summed E-state index contributed by atoms with van der Waals surface area (Å²) >= 11 is 0. The van der Waals surface area contributed by atoms with Crippen LogP contribution in [-0.2, 0) is 23.1 Å². The van der Waals surface area contributed by atoms with Crippen molar-refractivity contribution in [1.29, 1.82) is 0 Å². The minimum Gasteiger partial charge on any atom is -0.382 e. The van der Waals surface area contributed by atoms with Gasteiger partial charge in [0.1, 0.15) is 12.4 Å². The predicted octanol–water partition coefficient (Wildman–Crippen LogP) is 2.94. The Labute approximate surface area is 192 Å². The molecule has 168 valence electrons. The number of nitrogens with zero attached hydrogens (tertiary/aromatic N) is 4. The van der Waals surface area contributed by atoms with E-state index in [9.17, 15) is 0 Å². The normalized spacial score (nSPS) is 19.9. The monoisotopic (exact) mass is 522 g/mol. The largest absolute Gasteiger partial charge is 0.382 e. The van der Waals surface area contributed by atoms with Crippen molar-refractivity contribution < 1.29 is 9.47 Å². The van der Waals surface area contributed by atoms with Gasteiger partial charge in [-0.1, -0.05) is 0 Å². The molecule has 29 heavy (non-hydrogen) atoms. The number of ether oxygens (including phenoxy) is 2. The summed E-state index contributed by atoms with van der Waals surface area (Å²) in [5, 5.41) is 15.4. The summed E-state index contributed by atoms with van der Waals surface area (Å²) in [4.78, 5) is 4.75. The summed E-state index contributed by atoms with van der Waals surface area (Å²) in [6, 6.07) is 0.423. The van der Waals surface area contributed by atoms with Crippen LogP contribution in [0.15, 0.2) is 4.99 Å². The van der Waals surface area contributed by atoms with E-state index < -0.39 is 0 Å². The van der Waals surface area contributed by atoms with Crippen LogP contribution in [0.3, 0.4) is 0 Å². The van der Waals surface area contributed by atoms with E-state index in [-0.39, 0.29) is 24.0 Å². The molecular formula is C20H39IN6O2. The SMILES string of the molecule is CCOCCCNC(=NCc1nnc(C)n1C)NC1CCC(OC(C)C)CC1.I. The molecule has 0 aliphatic heterocycles. The Hall–Kier alpha value is -0.940. The van der Waals surface area contributed by atoms with E-state index in [0.29, 0.717) is 24.8 Å². The summed E-state index contributed by atoms with van der Waals surface area (Å²) in [5.41, 5.74) is 0. The van der Waals surface area contributed by atoms with Crippen LogP contribution >= 0.6 is 24.0 Å². The fourth-order valence-electron chi connectivity index (χ4n) is 3.34. The number of halogens is 1. The van der Waals surface area contributed by atoms with Gasteiger partial charge in [-0.05, 0) is 59.8 Å². The maximum Gasteiger partial charge on any atom is 0.191 e. The van der Waals surface area contributed by atoms with Gasteiger partial charge in [-0.25, -0.2) is 4.99 Å². The molecule has 9 heteroatoms. The van der Waals surface area contributed by atoms with Gasteiger partial charge in [0, 0.05) is 32.8 Å². The molecule has 1 saturated carbocycles. The lowest BCUT2D eigenvalue weighted by atomic mass is 9.93. The van der Waals surface area contributed by atoms with Gasteiger partial charge in [-0.2, -0.15) is 0 Å². The smallest absolute Gasteiger partial charge is 0.191 e. The molecule has 1 heterocycles. The lowest BCUT2D eigenvalue weighted by Crippen LogP contribution is -2.46. The van der Waals surface area contributed by atoms with E-state index in [1.807, 2.05) is 25.5 Å². The van der Waals surface area contributed by atoms with Crippen molar-refractivity contribution >= 4 is 29.9 Å². The van der Waals surface area contributed by atoms with Gasteiger partial charge in [-0.3, -0.25) is 0 Å². The van der Waals surface area contributed by atoms with Crippen LogP contribution in [-0.4, -0.2) is 58.7 Å². The van der Waals surface area contributed by atoms with Crippen LogP contribution in [0.25, 0.3) is 0 Å². The number of aliphatic imine (C=N–C) groups is 1. The van der Waals surface area contributed by atoms with Crippen molar-refractivity contribution in [1.82, 2.24) is 25.4 Å². The summed E-state index contributed by atoms with van der Waals surface area (Å²) in [7, 11) is 1.97. The number of hydrogen-bond acceptors (Lipinski definition) is 5. The molecule has 0 aromatic carbocycles. The highest BCUT2D eigenvalue weighted by Crippen LogP contribution is 2.22. The number of hydrogen-bond donors (Lipinski definition) is 2. The van der Waals surface area contributed by atoms with Crippen LogP contribution < -0.4 is 10.6 Å². The van der Waals surface area contributed by atoms with Crippen molar-refractivity contribution in [2.75, 3.05) is 19.8 Å². The topological polar surface area (TPSA) is 85.6 Å². The van der Waals surface area contributed by atoms with E-state index in [0.717, 1.165) is 69.5 Å². The molecule has 0 amide bonds. The first-order valence-electron chi connectivity index (χ1n) is 10.6. The Balaban J connectivity index is 0.00000420. The third kappa shape index (κ3) is 9.61. The molecule has 2 rings (SSSR count). The molecule has 1 aromatic heterocycles. The molecule has 8 nitrogen and oxygen atoms in total. The molecule has 0 spiro atoms. The second-order valence-corrected chi connectivity index (χ2v) is 7.67. The van der Waals surface area contributed by atoms with Crippen LogP contribution in [0.1, 0.15) is 64.5 Å². The highest BCUT2D eigenvalue weighted by atomic mass is 127. The average Bonchev–Trinajstić information content (AvgIpc) is 2.98. The molecular weight excluding hydrogens is 483 g/mol. The van der Waals surface area contributed by atoms with E-state index in [4.69, 9.17) is 14.5 Å². The maximum atomic E-state index is 5.96. The fraction of sp³-hybridized carbons (Fsp3) is 0.850. The van der Waals surface area contributed by atoms with Crippen molar-refractivity contribution in [3.63, 3.8) is 0 Å². The Bertz CT molecular complexity index is 600. The zero-order chi connectivity index (χ0) is 20.4. The Morgan fingerprint density at radius 2 is 1.97 bits per heavy atom. The first-order valence-corrected chi connectivity index (χ1v) is 10.6. The van der Waals surface area contributed by atoms with E-state index in [1.54, 1.807) is 0 Å². The van der Waals surface area contributed by atoms with Gasteiger partial charge < -0.3 is 24.7 Å². The molecule has 0 bridgehead atoms. The highest BCUT2D eigenvalue weighted by molar-refractivity contribution is 14.0. The molecule has 1 fully saturated rings. The number of guanidine groups is 1. The first-order chi connectivity index (χ1) is 13.5. The molecule has 2 N–H and O–H groups in total. The number of rotatable bonds is 10. The lowest BCUT2D eigenvalue weighted by molar-refractivity contribution is -0.0152. The zero-order valence-electron chi connectivity index (χ0n) is 18.6. The zero-order valence-corrected chi connectivity index (χ0v) is 20.9. The first kappa shape index (κ1) is 26.1. The van der Waals surface area contributed by atoms with Crippen LogP contribution in [0, 0.1) is 6.92 Å². The molecule has 1 aliphatic rings. The van der Waals surface area contributed by atoms with Gasteiger partial charge >= 0.3 is 0 Å². The molecule has 0 saturated heterocycles. The Kier molecular flexibility index (Phi) is 12.7. The number of aryl methyl sites for hydroxylation is 1. The summed E-state index contributed by atoms with van der Waals surface area (Å²) in [5.74, 6) is 2.60. The highest BCUT2D eigenvalue weighted by Gasteiger charge is 2.23. The van der Waals surface area contributed by atoms with Gasteiger partial charge in [0.15, 0.2) is 11.8 Å². The van der Waals surface area contributed by atoms with Crippen LogP contribution in [0.2, 0.25) is 0 Å². The maximum absolute atomic E-state index is 5.96.